The van der Waals surface area contributed by atoms with Gasteiger partial charge in [-0.3, -0.25) is 4.79 Å². The lowest BCUT2D eigenvalue weighted by atomic mass is 10.1. The molecule has 0 aromatic heterocycles. The summed E-state index contributed by atoms with van der Waals surface area (Å²) in [5.41, 5.74) is 0.303. The largest absolute Gasteiger partial charge is 0.508 e. The molecule has 15 heavy (non-hydrogen) atoms. The number of hydrogen-bond acceptors (Lipinski definition) is 3. The predicted molar refractivity (Wildman–Crippen MR) is 57.1 cm³/mol. The molecule has 0 radical (unpaired) electrons. The highest BCUT2D eigenvalue weighted by atomic mass is 79.9. The molecule has 0 bridgehead atoms. The van der Waals surface area contributed by atoms with E-state index in [0.717, 1.165) is 6.08 Å². The molecular weight excluding hydrogens is 264 g/mol. The minimum Gasteiger partial charge on any atom is -0.508 e. The van der Waals surface area contributed by atoms with Crippen LogP contribution in [0, 0.1) is 0 Å². The number of carbonyl (C=O) groups is 2. The van der Waals surface area contributed by atoms with E-state index in [9.17, 15) is 9.59 Å². The number of carbonyl (C=O) groups excluding carboxylic acids is 1. The highest BCUT2D eigenvalue weighted by Gasteiger charge is 2.10. The molecule has 0 fully saturated rings. The van der Waals surface area contributed by atoms with Gasteiger partial charge in [0.2, 0.25) is 0 Å². The normalized spacial score (nSPS) is 11.1. The van der Waals surface area contributed by atoms with Crippen LogP contribution in [0.4, 0.5) is 0 Å². The van der Waals surface area contributed by atoms with Crippen molar-refractivity contribution in [3.8, 4) is 5.75 Å². The van der Waals surface area contributed by atoms with Gasteiger partial charge in [-0.05, 0) is 40.2 Å². The van der Waals surface area contributed by atoms with Gasteiger partial charge < -0.3 is 10.2 Å². The van der Waals surface area contributed by atoms with E-state index in [1.165, 1.54) is 24.3 Å². The molecule has 5 heteroatoms. The maximum absolute atomic E-state index is 11.5. The van der Waals surface area contributed by atoms with Crippen LogP contribution in [0.15, 0.2) is 34.8 Å². The first-order valence-electron chi connectivity index (χ1n) is 3.94. The number of aromatic hydroxyl groups is 1. The molecule has 2 N–H and O–H groups in total. The number of carboxylic acids is 1. The van der Waals surface area contributed by atoms with Crippen molar-refractivity contribution < 1.29 is 19.8 Å². The van der Waals surface area contributed by atoms with Crippen LogP contribution < -0.4 is 0 Å². The summed E-state index contributed by atoms with van der Waals surface area (Å²) >= 11 is 2.87. The van der Waals surface area contributed by atoms with E-state index in [-0.39, 0.29) is 10.2 Å². The average molecular weight is 271 g/mol. The van der Waals surface area contributed by atoms with Crippen molar-refractivity contribution in [2.45, 2.75) is 0 Å². The van der Waals surface area contributed by atoms with Gasteiger partial charge in [-0.25, -0.2) is 4.79 Å². The number of aliphatic carboxylic acids is 1. The van der Waals surface area contributed by atoms with E-state index in [1.54, 1.807) is 0 Å². The van der Waals surface area contributed by atoms with Gasteiger partial charge in [0.1, 0.15) is 5.75 Å². The van der Waals surface area contributed by atoms with Gasteiger partial charge >= 0.3 is 5.97 Å². The number of allylic oxidation sites excluding steroid dienone is 1. The third kappa shape index (κ3) is 3.21. The van der Waals surface area contributed by atoms with Crippen LogP contribution in [0.5, 0.6) is 5.75 Å². The second-order valence-electron chi connectivity index (χ2n) is 2.71. The summed E-state index contributed by atoms with van der Waals surface area (Å²) < 4.78 is -0.0410. The number of hydrogen-bond donors (Lipinski definition) is 2. The molecule has 0 atom stereocenters. The number of phenols is 1. The molecule has 0 aliphatic heterocycles. The minimum absolute atomic E-state index is 0.0410. The fraction of sp³-hybridized carbons (Fsp3) is 0. The Morgan fingerprint density at radius 2 is 1.73 bits per heavy atom. The molecule has 0 aliphatic rings. The summed E-state index contributed by atoms with van der Waals surface area (Å²) in [5.74, 6) is -1.60. The van der Waals surface area contributed by atoms with Crippen molar-refractivity contribution in [2.24, 2.45) is 0 Å². The monoisotopic (exact) mass is 270 g/mol. The lowest BCUT2D eigenvalue weighted by Crippen LogP contribution is -2.00. The number of ketones is 1. The maximum Gasteiger partial charge on any atom is 0.329 e. The third-order valence-electron chi connectivity index (χ3n) is 1.60. The second kappa shape index (κ2) is 4.75. The molecule has 0 amide bonds. The predicted octanol–water partition coefficient (Wildman–Crippen LogP) is 1.94. The number of rotatable bonds is 3. The molecule has 1 aromatic rings. The maximum atomic E-state index is 11.5. The summed E-state index contributed by atoms with van der Waals surface area (Å²) in [6.07, 6.45) is 0.773. The van der Waals surface area contributed by atoms with E-state index in [4.69, 9.17) is 10.2 Å². The van der Waals surface area contributed by atoms with Crippen LogP contribution in [0.25, 0.3) is 0 Å². The zero-order valence-electron chi connectivity index (χ0n) is 7.48. The van der Waals surface area contributed by atoms with Gasteiger partial charge in [0.25, 0.3) is 0 Å². The summed E-state index contributed by atoms with van der Waals surface area (Å²) in [6.45, 7) is 0. The first-order chi connectivity index (χ1) is 7.00. The Morgan fingerprint density at radius 3 is 2.20 bits per heavy atom. The SMILES string of the molecule is O=C(O)C=C(Br)C(=O)c1ccc(O)cc1. The highest BCUT2D eigenvalue weighted by Crippen LogP contribution is 2.16. The summed E-state index contributed by atoms with van der Waals surface area (Å²) in [7, 11) is 0. The number of halogens is 1. The van der Waals surface area contributed by atoms with Crippen molar-refractivity contribution >= 4 is 27.7 Å². The van der Waals surface area contributed by atoms with Gasteiger partial charge in [-0.15, -0.1) is 0 Å². The zero-order chi connectivity index (χ0) is 11.4. The van der Waals surface area contributed by atoms with Gasteiger partial charge in [0.15, 0.2) is 5.78 Å². The van der Waals surface area contributed by atoms with Crippen molar-refractivity contribution in [1.82, 2.24) is 0 Å². The van der Waals surface area contributed by atoms with E-state index in [2.05, 4.69) is 15.9 Å². The molecule has 4 nitrogen and oxygen atoms in total. The van der Waals surface area contributed by atoms with Crippen LogP contribution in [0.3, 0.4) is 0 Å². The molecule has 1 aromatic carbocycles. The van der Waals surface area contributed by atoms with Crippen molar-refractivity contribution in [3.05, 3.63) is 40.4 Å². The number of carboxylic acid groups (broad SMARTS) is 1. The van der Waals surface area contributed by atoms with E-state index >= 15 is 0 Å². The van der Waals surface area contributed by atoms with Gasteiger partial charge in [-0.2, -0.15) is 0 Å². The molecule has 78 valence electrons. The molecule has 0 aliphatic carbocycles. The van der Waals surface area contributed by atoms with Crippen molar-refractivity contribution in [3.63, 3.8) is 0 Å². The fourth-order valence-corrected chi connectivity index (χ4v) is 1.35. The standard InChI is InChI=1S/C10H7BrO4/c11-8(5-9(13)14)10(15)6-1-3-7(12)4-2-6/h1-5,12H,(H,13,14). The van der Waals surface area contributed by atoms with Crippen LogP contribution >= 0.6 is 15.9 Å². The molecule has 0 saturated heterocycles. The quantitative estimate of drug-likeness (QED) is 0.650. The molecule has 0 heterocycles. The highest BCUT2D eigenvalue weighted by molar-refractivity contribution is 9.12. The second-order valence-corrected chi connectivity index (χ2v) is 3.56. The Hall–Kier alpha value is -1.62. The molecule has 0 spiro atoms. The minimum atomic E-state index is -1.20. The van der Waals surface area contributed by atoms with Crippen LogP contribution in [-0.2, 0) is 4.79 Å². The Morgan fingerprint density at radius 1 is 1.20 bits per heavy atom. The average Bonchev–Trinajstić information content (AvgIpc) is 2.17. The van der Waals surface area contributed by atoms with Gasteiger partial charge in [-0.1, -0.05) is 0 Å². The van der Waals surface area contributed by atoms with Crippen LogP contribution in [0.1, 0.15) is 10.4 Å². The van der Waals surface area contributed by atoms with Crippen molar-refractivity contribution in [1.29, 1.82) is 0 Å². The lowest BCUT2D eigenvalue weighted by Gasteiger charge is -1.98. The summed E-state index contributed by atoms with van der Waals surface area (Å²) in [4.78, 5) is 21.8. The molecule has 0 unspecified atom stereocenters. The Labute approximate surface area is 94.0 Å². The summed E-state index contributed by atoms with van der Waals surface area (Å²) in [6, 6.07) is 5.53. The van der Waals surface area contributed by atoms with E-state index in [1.807, 2.05) is 0 Å². The number of Topliss-reactive ketones (excluding diaryl/α,β-unsaturated/α-hetero) is 1. The van der Waals surface area contributed by atoms with Gasteiger partial charge in [0.05, 0.1) is 4.48 Å². The van der Waals surface area contributed by atoms with E-state index < -0.39 is 11.8 Å². The molecule has 1 rings (SSSR count). The van der Waals surface area contributed by atoms with Crippen LogP contribution in [0.2, 0.25) is 0 Å². The van der Waals surface area contributed by atoms with Crippen molar-refractivity contribution in [2.75, 3.05) is 0 Å². The van der Waals surface area contributed by atoms with Gasteiger partial charge in [0, 0.05) is 11.6 Å². The zero-order valence-corrected chi connectivity index (χ0v) is 9.06. The summed E-state index contributed by atoms with van der Waals surface area (Å²) in [5, 5.41) is 17.4. The fourth-order valence-electron chi connectivity index (χ4n) is 0.925. The Balaban J connectivity index is 2.95. The first kappa shape index (κ1) is 11.5. The molecule has 0 saturated carbocycles. The topological polar surface area (TPSA) is 74.6 Å². The van der Waals surface area contributed by atoms with Crippen LogP contribution in [-0.4, -0.2) is 22.0 Å². The molecular formula is C10H7BrO4. The number of benzene rings is 1. The Kier molecular flexibility index (Phi) is 3.62. The lowest BCUT2D eigenvalue weighted by molar-refractivity contribution is -0.131. The smallest absolute Gasteiger partial charge is 0.329 e. The first-order valence-corrected chi connectivity index (χ1v) is 4.74. The van der Waals surface area contributed by atoms with E-state index in [0.29, 0.717) is 5.56 Å². The number of phenolic OH excluding ortho intramolecular Hbond substituents is 1. The third-order valence-corrected chi connectivity index (χ3v) is 2.19. The Bertz CT molecular complexity index is 420.